The summed E-state index contributed by atoms with van der Waals surface area (Å²) in [6, 6.07) is 9.04. The number of fused-ring (bicyclic) bond motifs is 1. The summed E-state index contributed by atoms with van der Waals surface area (Å²) >= 11 is 0. The van der Waals surface area contributed by atoms with Crippen molar-refractivity contribution in [2.45, 2.75) is 19.8 Å². The Morgan fingerprint density at radius 2 is 2.12 bits per heavy atom. The van der Waals surface area contributed by atoms with Gasteiger partial charge in [-0.3, -0.25) is 4.79 Å². The minimum absolute atomic E-state index is 0.0112. The summed E-state index contributed by atoms with van der Waals surface area (Å²) in [5, 5.41) is 9.59. The number of allylic oxidation sites excluding steroid dienone is 1. The number of aromatic nitrogens is 1. The largest absolute Gasteiger partial charge is 0.493 e. The molecule has 3 rings (SSSR count). The van der Waals surface area contributed by atoms with E-state index in [1.54, 1.807) is 31.2 Å². The number of aryl methyl sites for hydroxylation is 1. The first-order valence-corrected chi connectivity index (χ1v) is 8.12. The summed E-state index contributed by atoms with van der Waals surface area (Å²) in [7, 11) is 1.53. The van der Waals surface area contributed by atoms with Crippen molar-refractivity contribution in [3.05, 3.63) is 62.9 Å². The molecule has 0 amide bonds. The van der Waals surface area contributed by atoms with Crippen LogP contribution < -0.4 is 25.5 Å². The number of nitriles is 1. The van der Waals surface area contributed by atoms with Crippen LogP contribution >= 0.6 is 0 Å². The van der Waals surface area contributed by atoms with Gasteiger partial charge in [-0.15, -0.1) is 0 Å². The van der Waals surface area contributed by atoms with E-state index >= 15 is 0 Å². The average molecular weight is 353 g/mol. The van der Waals surface area contributed by atoms with Gasteiger partial charge in [-0.25, -0.2) is 0 Å². The van der Waals surface area contributed by atoms with Gasteiger partial charge in [0.05, 0.1) is 25.2 Å². The van der Waals surface area contributed by atoms with Gasteiger partial charge < -0.3 is 24.9 Å². The molecule has 7 heteroatoms. The standard InChI is InChI=1S/C19H19N3O4/c1-4-25-13-6-5-11(8-14(13)24-3)16-12(9-20)18(21)26-15-7-10(2)22-19(23)17(15)16/h5-8,16H,4,21H2,1-3H3,(H,22,23)/t16-/m0/s1. The first kappa shape index (κ1) is 17.4. The molecular formula is C19H19N3O4. The van der Waals surface area contributed by atoms with Crippen LogP contribution in [0.1, 0.15) is 29.7 Å². The quantitative estimate of drug-likeness (QED) is 0.873. The second-order valence-electron chi connectivity index (χ2n) is 5.83. The molecule has 0 bridgehead atoms. The van der Waals surface area contributed by atoms with Crippen molar-refractivity contribution in [2.75, 3.05) is 13.7 Å². The zero-order valence-corrected chi connectivity index (χ0v) is 14.8. The SMILES string of the molecule is CCOc1ccc([C@H]2C(C#N)=C(N)Oc3cc(C)[nH]c(=O)c32)cc1OC. The van der Waals surface area contributed by atoms with Crippen molar-refractivity contribution in [1.29, 1.82) is 5.26 Å². The summed E-state index contributed by atoms with van der Waals surface area (Å²) < 4.78 is 16.5. The lowest BCUT2D eigenvalue weighted by molar-refractivity contribution is 0.310. The number of hydrogen-bond acceptors (Lipinski definition) is 6. The van der Waals surface area contributed by atoms with Gasteiger partial charge in [-0.05, 0) is 31.5 Å². The minimum Gasteiger partial charge on any atom is -0.493 e. The lowest BCUT2D eigenvalue weighted by Crippen LogP contribution is -2.28. The molecular weight excluding hydrogens is 334 g/mol. The second-order valence-corrected chi connectivity index (χ2v) is 5.83. The molecule has 1 aliphatic heterocycles. The highest BCUT2D eigenvalue weighted by Gasteiger charge is 2.33. The van der Waals surface area contributed by atoms with Gasteiger partial charge in [-0.1, -0.05) is 6.07 Å². The Kier molecular flexibility index (Phi) is 4.59. The third-order valence-corrected chi connectivity index (χ3v) is 4.17. The number of nitrogens with zero attached hydrogens (tertiary/aromatic N) is 1. The fourth-order valence-electron chi connectivity index (χ4n) is 3.08. The fraction of sp³-hybridized carbons (Fsp3) is 0.263. The first-order chi connectivity index (χ1) is 12.5. The van der Waals surface area contributed by atoms with Crippen molar-refractivity contribution in [1.82, 2.24) is 4.98 Å². The Hall–Kier alpha value is -3.40. The van der Waals surface area contributed by atoms with Gasteiger partial charge in [0, 0.05) is 11.8 Å². The van der Waals surface area contributed by atoms with Crippen molar-refractivity contribution in [3.63, 3.8) is 0 Å². The molecule has 2 aromatic rings. The van der Waals surface area contributed by atoms with Crippen molar-refractivity contribution in [3.8, 4) is 23.3 Å². The Labute approximate surface area is 150 Å². The van der Waals surface area contributed by atoms with E-state index in [-0.39, 0.29) is 17.0 Å². The van der Waals surface area contributed by atoms with Crippen LogP contribution in [0, 0.1) is 18.3 Å². The summed E-state index contributed by atoms with van der Waals surface area (Å²) in [5.41, 5.74) is 7.47. The van der Waals surface area contributed by atoms with Crippen LogP contribution in [-0.4, -0.2) is 18.7 Å². The molecule has 0 radical (unpaired) electrons. The number of rotatable bonds is 4. The van der Waals surface area contributed by atoms with Gasteiger partial charge in [-0.2, -0.15) is 5.26 Å². The number of benzene rings is 1. The van der Waals surface area contributed by atoms with E-state index in [2.05, 4.69) is 11.1 Å². The Morgan fingerprint density at radius 3 is 2.77 bits per heavy atom. The molecule has 3 N–H and O–H groups in total. The number of nitrogens with one attached hydrogen (secondary N) is 1. The van der Waals surface area contributed by atoms with Crippen molar-refractivity contribution < 1.29 is 14.2 Å². The predicted octanol–water partition coefficient (Wildman–Crippen LogP) is 2.31. The molecule has 1 atom stereocenters. The molecule has 1 aromatic carbocycles. The molecule has 0 aliphatic carbocycles. The minimum atomic E-state index is -0.655. The van der Waals surface area contributed by atoms with Crippen molar-refractivity contribution >= 4 is 0 Å². The number of aromatic amines is 1. The van der Waals surface area contributed by atoms with E-state index in [9.17, 15) is 10.1 Å². The van der Waals surface area contributed by atoms with Gasteiger partial charge in [0.2, 0.25) is 5.88 Å². The predicted molar refractivity (Wildman–Crippen MR) is 95.3 cm³/mol. The highest BCUT2D eigenvalue weighted by molar-refractivity contribution is 5.57. The first-order valence-electron chi connectivity index (χ1n) is 8.12. The van der Waals surface area contributed by atoms with Crippen LogP contribution in [0.5, 0.6) is 17.2 Å². The second kappa shape index (κ2) is 6.84. The molecule has 0 fully saturated rings. The van der Waals surface area contributed by atoms with Gasteiger partial charge in [0.25, 0.3) is 5.56 Å². The van der Waals surface area contributed by atoms with E-state index < -0.39 is 5.92 Å². The Bertz CT molecular complexity index is 985. The van der Waals surface area contributed by atoms with Crippen LogP contribution in [0.4, 0.5) is 0 Å². The topological polar surface area (TPSA) is 110 Å². The number of hydrogen-bond donors (Lipinski definition) is 2. The Morgan fingerprint density at radius 1 is 1.35 bits per heavy atom. The molecule has 0 saturated heterocycles. The van der Waals surface area contributed by atoms with Gasteiger partial charge in [0.1, 0.15) is 17.4 Å². The highest BCUT2D eigenvalue weighted by atomic mass is 16.5. The van der Waals surface area contributed by atoms with Crippen LogP contribution in [0.15, 0.2) is 40.5 Å². The molecule has 7 nitrogen and oxygen atoms in total. The van der Waals surface area contributed by atoms with Gasteiger partial charge in [0.15, 0.2) is 11.5 Å². The highest BCUT2D eigenvalue weighted by Crippen LogP contribution is 2.42. The number of methoxy groups -OCH3 is 1. The van der Waals surface area contributed by atoms with Crippen LogP contribution in [0.25, 0.3) is 0 Å². The van der Waals surface area contributed by atoms with E-state index in [1.165, 1.54) is 7.11 Å². The molecule has 0 spiro atoms. The van der Waals surface area contributed by atoms with Crippen molar-refractivity contribution in [2.24, 2.45) is 5.73 Å². The summed E-state index contributed by atoms with van der Waals surface area (Å²) in [5.74, 6) is 0.775. The summed E-state index contributed by atoms with van der Waals surface area (Å²) in [4.78, 5) is 15.3. The lowest BCUT2D eigenvalue weighted by Gasteiger charge is -2.26. The number of nitrogens with two attached hydrogens (primary N) is 1. The molecule has 0 unspecified atom stereocenters. The average Bonchev–Trinajstić information content (AvgIpc) is 2.61. The zero-order valence-electron chi connectivity index (χ0n) is 14.8. The molecule has 2 heterocycles. The van der Waals surface area contributed by atoms with E-state index in [0.717, 1.165) is 0 Å². The van der Waals surface area contributed by atoms with E-state index in [4.69, 9.17) is 19.9 Å². The van der Waals surface area contributed by atoms with E-state index in [1.807, 2.05) is 6.92 Å². The van der Waals surface area contributed by atoms with Crippen LogP contribution in [0.3, 0.4) is 0 Å². The molecule has 134 valence electrons. The Balaban J connectivity index is 2.23. The monoisotopic (exact) mass is 353 g/mol. The maximum Gasteiger partial charge on any atom is 0.256 e. The molecule has 1 aromatic heterocycles. The zero-order chi connectivity index (χ0) is 18.8. The third kappa shape index (κ3) is 2.86. The lowest BCUT2D eigenvalue weighted by atomic mass is 9.84. The normalized spacial score (nSPS) is 15.7. The van der Waals surface area contributed by atoms with Gasteiger partial charge >= 0.3 is 0 Å². The molecule has 1 aliphatic rings. The third-order valence-electron chi connectivity index (χ3n) is 4.17. The van der Waals surface area contributed by atoms with Crippen LogP contribution in [0.2, 0.25) is 0 Å². The molecule has 26 heavy (non-hydrogen) atoms. The maximum atomic E-state index is 12.6. The molecule has 0 saturated carbocycles. The summed E-state index contributed by atoms with van der Waals surface area (Å²) in [6.45, 7) is 4.12. The fourth-order valence-corrected chi connectivity index (χ4v) is 3.08. The van der Waals surface area contributed by atoms with E-state index in [0.29, 0.717) is 40.7 Å². The summed E-state index contributed by atoms with van der Waals surface area (Å²) in [6.07, 6.45) is 0. The number of H-pyrrole nitrogens is 1. The number of ether oxygens (including phenoxy) is 3. The van der Waals surface area contributed by atoms with Crippen LogP contribution in [-0.2, 0) is 0 Å². The number of pyridine rings is 1. The smallest absolute Gasteiger partial charge is 0.256 e. The maximum absolute atomic E-state index is 12.6.